The minimum absolute atomic E-state index is 0.00118. The molecule has 2 fully saturated rings. The lowest BCUT2D eigenvalue weighted by Crippen LogP contribution is -2.53. The number of nitrogens with one attached hydrogen (secondary N) is 3. The van der Waals surface area contributed by atoms with Crippen molar-refractivity contribution >= 4 is 34.4 Å². The Morgan fingerprint density at radius 3 is 2.61 bits per heavy atom. The van der Waals surface area contributed by atoms with Gasteiger partial charge in [0.15, 0.2) is 0 Å². The van der Waals surface area contributed by atoms with Crippen molar-refractivity contribution in [2.45, 2.75) is 37.3 Å². The molecule has 5 N–H and O–H groups in total. The summed E-state index contributed by atoms with van der Waals surface area (Å²) in [5.74, 6) is 0.921. The van der Waals surface area contributed by atoms with Gasteiger partial charge >= 0.3 is 0 Å². The third kappa shape index (κ3) is 5.98. The zero-order valence-corrected chi connectivity index (χ0v) is 21.3. The van der Waals surface area contributed by atoms with Crippen LogP contribution in [0.1, 0.15) is 37.3 Å². The van der Waals surface area contributed by atoms with Crippen molar-refractivity contribution in [3.63, 3.8) is 0 Å². The van der Waals surface area contributed by atoms with E-state index in [9.17, 15) is 4.79 Å². The second-order valence-corrected chi connectivity index (χ2v) is 10.5. The Hall–Kier alpha value is -2.72. The Morgan fingerprint density at radius 1 is 1.11 bits per heavy atom. The summed E-state index contributed by atoms with van der Waals surface area (Å²) in [6.45, 7) is 6.53. The number of carbonyl (C=O) groups excluding carboxylic acids is 1. The van der Waals surface area contributed by atoms with Crippen molar-refractivity contribution < 1.29 is 4.79 Å². The first-order valence-electron chi connectivity index (χ1n) is 12.8. The predicted octanol–water partition coefficient (Wildman–Crippen LogP) is 2.45. The number of nitrogens with zero attached hydrogens (tertiary/aromatic N) is 4. The highest BCUT2D eigenvalue weighted by Crippen LogP contribution is 2.30. The van der Waals surface area contributed by atoms with E-state index in [0.29, 0.717) is 11.4 Å². The molecule has 36 heavy (non-hydrogen) atoms. The van der Waals surface area contributed by atoms with Crippen LogP contribution < -0.4 is 21.3 Å². The molecule has 1 amide bonds. The van der Waals surface area contributed by atoms with Crippen molar-refractivity contribution in [3.05, 3.63) is 53.4 Å². The molecule has 1 atom stereocenters. The van der Waals surface area contributed by atoms with Gasteiger partial charge in [0.2, 0.25) is 5.91 Å². The third-order valence-corrected chi connectivity index (χ3v) is 7.71. The van der Waals surface area contributed by atoms with Crippen molar-refractivity contribution in [3.8, 4) is 0 Å². The van der Waals surface area contributed by atoms with Crippen LogP contribution >= 0.6 is 11.6 Å². The maximum absolute atomic E-state index is 13.2. The van der Waals surface area contributed by atoms with Crippen LogP contribution in [0, 0.1) is 0 Å². The third-order valence-electron chi connectivity index (χ3n) is 7.46. The number of benzene rings is 1. The Kier molecular flexibility index (Phi) is 7.71. The maximum atomic E-state index is 13.2. The molecule has 2 aromatic heterocycles. The highest BCUT2D eigenvalue weighted by molar-refractivity contribution is 6.30. The summed E-state index contributed by atoms with van der Waals surface area (Å²) in [6.07, 6.45) is 6.07. The van der Waals surface area contributed by atoms with Crippen LogP contribution in [-0.4, -0.2) is 77.1 Å². The number of hydrogen-bond acceptors (Lipinski definition) is 7. The monoisotopic (exact) mass is 510 g/mol. The minimum atomic E-state index is -0.534. The van der Waals surface area contributed by atoms with Crippen LogP contribution in [0.15, 0.2) is 42.9 Å². The number of piperazine rings is 1. The molecular weight excluding hydrogens is 476 g/mol. The van der Waals surface area contributed by atoms with Gasteiger partial charge in [-0.15, -0.1) is 0 Å². The van der Waals surface area contributed by atoms with E-state index in [2.05, 4.69) is 35.4 Å². The van der Waals surface area contributed by atoms with Crippen LogP contribution in [0.2, 0.25) is 5.02 Å². The van der Waals surface area contributed by atoms with Gasteiger partial charge in [0.25, 0.3) is 0 Å². The molecule has 10 heteroatoms. The average Bonchev–Trinajstić information content (AvgIpc) is 3.37. The zero-order chi connectivity index (χ0) is 25.0. The van der Waals surface area contributed by atoms with Gasteiger partial charge in [-0.05, 0) is 43.0 Å². The molecule has 0 spiro atoms. The normalized spacial score (nSPS) is 19.3. The molecule has 2 aliphatic heterocycles. The highest BCUT2D eigenvalue weighted by atomic mass is 35.5. The minimum Gasteiger partial charge on any atom is -0.356 e. The summed E-state index contributed by atoms with van der Waals surface area (Å²) in [6, 6.07) is 9.71. The highest BCUT2D eigenvalue weighted by Gasteiger charge is 2.34. The smallest absolute Gasteiger partial charge is 0.222 e. The molecule has 5 rings (SSSR count). The molecule has 2 aliphatic rings. The number of H-pyrrole nitrogens is 1. The fraction of sp³-hybridized carbons (Fsp3) is 0.500. The van der Waals surface area contributed by atoms with Crippen LogP contribution in [0.4, 0.5) is 5.82 Å². The molecule has 0 aliphatic carbocycles. The molecule has 0 radical (unpaired) electrons. The summed E-state index contributed by atoms with van der Waals surface area (Å²) in [7, 11) is 0. The van der Waals surface area contributed by atoms with Gasteiger partial charge in [0.1, 0.15) is 17.8 Å². The van der Waals surface area contributed by atoms with Gasteiger partial charge < -0.3 is 31.2 Å². The van der Waals surface area contributed by atoms with E-state index < -0.39 is 5.54 Å². The largest absolute Gasteiger partial charge is 0.356 e. The van der Waals surface area contributed by atoms with Crippen LogP contribution in [-0.2, 0) is 4.79 Å². The number of fused-ring (bicyclic) bond motifs is 1. The number of hydrogen-bond donors (Lipinski definition) is 4. The van der Waals surface area contributed by atoms with E-state index in [1.807, 2.05) is 36.5 Å². The number of nitrogens with two attached hydrogens (primary N) is 1. The van der Waals surface area contributed by atoms with Gasteiger partial charge in [-0.3, -0.25) is 4.79 Å². The predicted molar refractivity (Wildman–Crippen MR) is 143 cm³/mol. The van der Waals surface area contributed by atoms with E-state index in [1.165, 1.54) is 0 Å². The SMILES string of the molecule is NC1(CC(=O)N[C@@H](CCN2CCNCC2)c2ccc(Cl)cc2)CCN(c2ncnc3[nH]ccc23)CC1. The van der Waals surface area contributed by atoms with Gasteiger partial charge in [0, 0.05) is 69.0 Å². The number of piperidine rings is 1. The molecule has 0 bridgehead atoms. The summed E-state index contributed by atoms with van der Waals surface area (Å²) >= 11 is 6.12. The zero-order valence-electron chi connectivity index (χ0n) is 20.5. The summed E-state index contributed by atoms with van der Waals surface area (Å²) < 4.78 is 0. The molecule has 3 aromatic rings. The molecule has 0 saturated carbocycles. The second-order valence-electron chi connectivity index (χ2n) is 10.0. The van der Waals surface area contributed by atoms with Crippen molar-refractivity contribution in [2.24, 2.45) is 5.73 Å². The number of carbonyl (C=O) groups is 1. The average molecular weight is 511 g/mol. The van der Waals surface area contributed by atoms with Gasteiger partial charge in [-0.1, -0.05) is 23.7 Å². The van der Waals surface area contributed by atoms with Crippen molar-refractivity contribution in [1.29, 1.82) is 0 Å². The summed E-state index contributed by atoms with van der Waals surface area (Å²) in [5.41, 5.74) is 8.13. The fourth-order valence-corrected chi connectivity index (χ4v) is 5.41. The first-order valence-corrected chi connectivity index (χ1v) is 13.2. The number of aromatic amines is 1. The Balaban J connectivity index is 1.19. The van der Waals surface area contributed by atoms with Gasteiger partial charge in [0.05, 0.1) is 11.4 Å². The molecule has 4 heterocycles. The molecule has 2 saturated heterocycles. The first-order chi connectivity index (χ1) is 17.5. The summed E-state index contributed by atoms with van der Waals surface area (Å²) in [4.78, 5) is 29.8. The lowest BCUT2D eigenvalue weighted by Gasteiger charge is -2.39. The van der Waals surface area contributed by atoms with E-state index in [-0.39, 0.29) is 11.9 Å². The van der Waals surface area contributed by atoms with Crippen LogP contribution in [0.5, 0.6) is 0 Å². The quantitative estimate of drug-likeness (QED) is 0.368. The Bertz CT molecular complexity index is 1150. The number of amides is 1. The molecular formula is C26H35ClN8O. The number of halogens is 1. The number of anilines is 1. The maximum Gasteiger partial charge on any atom is 0.222 e. The van der Waals surface area contributed by atoms with E-state index in [4.69, 9.17) is 17.3 Å². The van der Waals surface area contributed by atoms with Crippen molar-refractivity contribution in [2.75, 3.05) is 50.7 Å². The number of aromatic nitrogens is 3. The van der Waals surface area contributed by atoms with Crippen LogP contribution in [0.25, 0.3) is 11.0 Å². The topological polar surface area (TPSA) is 115 Å². The Morgan fingerprint density at radius 2 is 1.86 bits per heavy atom. The van der Waals surface area contributed by atoms with E-state index in [1.54, 1.807) is 6.33 Å². The molecule has 192 valence electrons. The fourth-order valence-electron chi connectivity index (χ4n) is 5.28. The van der Waals surface area contributed by atoms with Crippen LogP contribution in [0.3, 0.4) is 0 Å². The molecule has 0 unspecified atom stereocenters. The summed E-state index contributed by atoms with van der Waals surface area (Å²) in [5, 5.41) is 8.38. The molecule has 1 aromatic carbocycles. The second kappa shape index (κ2) is 11.1. The van der Waals surface area contributed by atoms with Gasteiger partial charge in [-0.25, -0.2) is 9.97 Å². The first kappa shape index (κ1) is 25.0. The lowest BCUT2D eigenvalue weighted by molar-refractivity contribution is -0.123. The van der Waals surface area contributed by atoms with E-state index >= 15 is 0 Å². The number of rotatable bonds is 8. The lowest BCUT2D eigenvalue weighted by atomic mass is 9.85. The molecule has 9 nitrogen and oxygen atoms in total. The standard InChI is InChI=1S/C26H35ClN8O/c27-20-3-1-19(2-4-20)22(6-12-34-15-10-29-11-16-34)33-23(36)17-26(28)7-13-35(14-8-26)25-21-5-9-30-24(21)31-18-32-25/h1-5,9,18,22,29H,6-8,10-17,28H2,(H,33,36)(H,30,31,32)/t22-/m0/s1. The van der Waals surface area contributed by atoms with Gasteiger partial charge in [-0.2, -0.15) is 0 Å². The van der Waals surface area contributed by atoms with Crippen molar-refractivity contribution in [1.82, 2.24) is 30.5 Å². The van der Waals surface area contributed by atoms with E-state index in [0.717, 1.165) is 87.5 Å². The Labute approximate surface area is 216 Å².